The van der Waals surface area contributed by atoms with Crippen molar-refractivity contribution >= 4 is 11.7 Å². The molecule has 5 nitrogen and oxygen atoms in total. The molecule has 0 spiro atoms. The molecule has 2 aromatic rings. The van der Waals surface area contributed by atoms with Crippen molar-refractivity contribution in [2.75, 3.05) is 31.1 Å². The molecular weight excluding hydrogens is 360 g/mol. The van der Waals surface area contributed by atoms with Crippen LogP contribution in [0.15, 0.2) is 24.3 Å². The maximum Gasteiger partial charge on any atom is 0.225 e. The summed E-state index contributed by atoms with van der Waals surface area (Å²) in [5.41, 5.74) is 4.95. The van der Waals surface area contributed by atoms with Gasteiger partial charge in [0.2, 0.25) is 5.91 Å². The number of benzene rings is 1. The fourth-order valence-corrected chi connectivity index (χ4v) is 4.22. The van der Waals surface area contributed by atoms with Crippen LogP contribution in [-0.2, 0) is 17.6 Å². The highest BCUT2D eigenvalue weighted by Crippen LogP contribution is 2.32. The van der Waals surface area contributed by atoms with Gasteiger partial charge in [0.15, 0.2) is 0 Å². The number of aryl methyl sites for hydroxylation is 3. The van der Waals surface area contributed by atoms with E-state index >= 15 is 0 Å². The Bertz CT molecular complexity index is 873. The molecule has 0 bridgehead atoms. The monoisotopic (exact) mass is 392 g/mol. The maximum atomic E-state index is 12.5. The Labute approximate surface area is 174 Å². The number of hydrogen-bond acceptors (Lipinski definition) is 4. The molecule has 5 heteroatoms. The van der Waals surface area contributed by atoms with Crippen LogP contribution in [0.3, 0.4) is 0 Å². The molecule has 0 radical (unpaired) electrons. The largest absolute Gasteiger partial charge is 0.354 e. The first-order valence-electron chi connectivity index (χ1n) is 11.0. The van der Waals surface area contributed by atoms with Crippen LogP contribution in [0.4, 0.5) is 5.82 Å². The van der Waals surface area contributed by atoms with Crippen molar-refractivity contribution in [3.8, 4) is 0 Å². The molecule has 1 saturated heterocycles. The van der Waals surface area contributed by atoms with Crippen LogP contribution in [0, 0.1) is 19.8 Å². The van der Waals surface area contributed by atoms with E-state index in [1.165, 1.54) is 16.7 Å². The number of anilines is 1. The molecule has 2 aliphatic rings. The van der Waals surface area contributed by atoms with E-state index in [9.17, 15) is 4.79 Å². The van der Waals surface area contributed by atoms with Crippen LogP contribution in [0.5, 0.6) is 0 Å². The minimum atomic E-state index is 0.298. The lowest BCUT2D eigenvalue weighted by atomic mass is 10.0. The number of hydrogen-bond donors (Lipinski definition) is 0. The number of carbonyl (C=O) groups is 1. The van der Waals surface area contributed by atoms with Crippen molar-refractivity contribution in [3.05, 3.63) is 52.5 Å². The molecule has 0 unspecified atom stereocenters. The lowest BCUT2D eigenvalue weighted by Crippen LogP contribution is -2.36. The van der Waals surface area contributed by atoms with Crippen molar-refractivity contribution in [2.24, 2.45) is 5.92 Å². The van der Waals surface area contributed by atoms with Gasteiger partial charge in [0.25, 0.3) is 0 Å². The summed E-state index contributed by atoms with van der Waals surface area (Å²) in [6.07, 6.45) is 4.89. The Morgan fingerprint density at radius 2 is 1.79 bits per heavy atom. The molecule has 2 fully saturated rings. The van der Waals surface area contributed by atoms with Crippen LogP contribution in [0.2, 0.25) is 0 Å². The molecule has 0 atom stereocenters. The smallest absolute Gasteiger partial charge is 0.225 e. The van der Waals surface area contributed by atoms with E-state index in [2.05, 4.69) is 47.9 Å². The first-order chi connectivity index (χ1) is 14.0. The topological polar surface area (TPSA) is 49.3 Å². The standard InChI is InChI=1S/C24H32N4O/c1-4-22-21(16-19-8-6-17(2)7-9-19)23(26-18(3)25-22)27-12-5-13-28(15-14-27)24(29)20-10-11-20/h6-9,20H,4-5,10-16H2,1-3H3. The minimum absolute atomic E-state index is 0.298. The first-order valence-corrected chi connectivity index (χ1v) is 11.0. The highest BCUT2D eigenvalue weighted by atomic mass is 16.2. The quantitative estimate of drug-likeness (QED) is 0.779. The summed E-state index contributed by atoms with van der Waals surface area (Å²) >= 11 is 0. The maximum absolute atomic E-state index is 12.5. The molecule has 1 aromatic carbocycles. The fraction of sp³-hybridized carbons (Fsp3) is 0.542. The summed E-state index contributed by atoms with van der Waals surface area (Å²) in [4.78, 5) is 26.6. The predicted molar refractivity (Wildman–Crippen MR) is 116 cm³/mol. The Morgan fingerprint density at radius 1 is 1.03 bits per heavy atom. The summed E-state index contributed by atoms with van der Waals surface area (Å²) in [6.45, 7) is 9.72. The molecule has 1 aliphatic carbocycles. The molecule has 1 aromatic heterocycles. The molecule has 154 valence electrons. The molecule has 1 amide bonds. The molecule has 1 saturated carbocycles. The number of carbonyl (C=O) groups excluding carboxylic acids is 1. The van der Waals surface area contributed by atoms with E-state index in [4.69, 9.17) is 9.97 Å². The summed E-state index contributed by atoms with van der Waals surface area (Å²) in [5.74, 6) is 2.56. The zero-order valence-corrected chi connectivity index (χ0v) is 17.9. The van der Waals surface area contributed by atoms with Crippen molar-refractivity contribution in [1.29, 1.82) is 0 Å². The van der Waals surface area contributed by atoms with Gasteiger partial charge in [-0.3, -0.25) is 4.79 Å². The lowest BCUT2D eigenvalue weighted by molar-refractivity contribution is -0.132. The average molecular weight is 393 g/mol. The Balaban J connectivity index is 1.60. The van der Waals surface area contributed by atoms with Gasteiger partial charge in [0, 0.05) is 49.8 Å². The second kappa shape index (κ2) is 8.52. The van der Waals surface area contributed by atoms with Crippen molar-refractivity contribution in [1.82, 2.24) is 14.9 Å². The van der Waals surface area contributed by atoms with E-state index < -0.39 is 0 Å². The van der Waals surface area contributed by atoms with E-state index in [0.29, 0.717) is 11.8 Å². The van der Waals surface area contributed by atoms with Gasteiger partial charge in [0.05, 0.1) is 0 Å². The van der Waals surface area contributed by atoms with Crippen molar-refractivity contribution < 1.29 is 4.79 Å². The average Bonchev–Trinajstić information content (AvgIpc) is 3.57. The summed E-state index contributed by atoms with van der Waals surface area (Å²) < 4.78 is 0. The van der Waals surface area contributed by atoms with Gasteiger partial charge in [-0.15, -0.1) is 0 Å². The minimum Gasteiger partial charge on any atom is -0.354 e. The summed E-state index contributed by atoms with van der Waals surface area (Å²) in [7, 11) is 0. The highest BCUT2D eigenvalue weighted by molar-refractivity contribution is 5.81. The van der Waals surface area contributed by atoms with Gasteiger partial charge in [-0.25, -0.2) is 9.97 Å². The predicted octanol–water partition coefficient (Wildman–Crippen LogP) is 3.70. The third-order valence-electron chi connectivity index (χ3n) is 6.05. The SMILES string of the molecule is CCc1nc(C)nc(N2CCCN(C(=O)C3CC3)CC2)c1Cc1ccc(C)cc1. The van der Waals surface area contributed by atoms with Gasteiger partial charge >= 0.3 is 0 Å². The second-order valence-electron chi connectivity index (χ2n) is 8.48. The van der Waals surface area contributed by atoms with Crippen LogP contribution in [0.1, 0.15) is 54.4 Å². The fourth-order valence-electron chi connectivity index (χ4n) is 4.22. The summed E-state index contributed by atoms with van der Waals surface area (Å²) in [6, 6.07) is 8.75. The van der Waals surface area contributed by atoms with Crippen LogP contribution < -0.4 is 4.90 Å². The van der Waals surface area contributed by atoms with Gasteiger partial charge in [-0.2, -0.15) is 0 Å². The second-order valence-corrected chi connectivity index (χ2v) is 8.48. The van der Waals surface area contributed by atoms with E-state index in [0.717, 1.165) is 75.6 Å². The van der Waals surface area contributed by atoms with Crippen LogP contribution >= 0.6 is 0 Å². The van der Waals surface area contributed by atoms with E-state index in [1.54, 1.807) is 0 Å². The number of rotatable bonds is 5. The normalized spacial score (nSPS) is 17.3. The van der Waals surface area contributed by atoms with Gasteiger partial charge in [-0.1, -0.05) is 36.8 Å². The van der Waals surface area contributed by atoms with Gasteiger partial charge in [0.1, 0.15) is 11.6 Å². The number of aromatic nitrogens is 2. The molecule has 2 heterocycles. The van der Waals surface area contributed by atoms with Crippen LogP contribution in [0.25, 0.3) is 0 Å². The Hall–Kier alpha value is -2.43. The Kier molecular flexibility index (Phi) is 5.84. The molecule has 1 aliphatic heterocycles. The highest BCUT2D eigenvalue weighted by Gasteiger charge is 2.34. The lowest BCUT2D eigenvalue weighted by Gasteiger charge is -2.26. The molecule has 4 rings (SSSR count). The molecule has 0 N–H and O–H groups in total. The van der Waals surface area contributed by atoms with Crippen molar-refractivity contribution in [3.63, 3.8) is 0 Å². The third-order valence-corrected chi connectivity index (χ3v) is 6.05. The molecule has 29 heavy (non-hydrogen) atoms. The zero-order valence-electron chi connectivity index (χ0n) is 17.9. The van der Waals surface area contributed by atoms with Crippen LogP contribution in [-0.4, -0.2) is 47.0 Å². The zero-order chi connectivity index (χ0) is 20.4. The third kappa shape index (κ3) is 4.60. The number of nitrogens with zero attached hydrogens (tertiary/aromatic N) is 4. The number of amides is 1. The first kappa shape index (κ1) is 19.9. The van der Waals surface area contributed by atoms with E-state index in [-0.39, 0.29) is 0 Å². The van der Waals surface area contributed by atoms with Gasteiger partial charge in [-0.05, 0) is 45.1 Å². The van der Waals surface area contributed by atoms with Crippen molar-refractivity contribution in [2.45, 2.75) is 52.9 Å². The van der Waals surface area contributed by atoms with Gasteiger partial charge < -0.3 is 9.80 Å². The Morgan fingerprint density at radius 3 is 2.48 bits per heavy atom. The van der Waals surface area contributed by atoms with E-state index in [1.807, 2.05) is 6.92 Å². The molecular formula is C24H32N4O. The summed E-state index contributed by atoms with van der Waals surface area (Å²) in [5, 5.41) is 0.